The van der Waals surface area contributed by atoms with Crippen LogP contribution in [0.4, 0.5) is 0 Å². The summed E-state index contributed by atoms with van der Waals surface area (Å²) in [6.07, 6.45) is 0.658. The summed E-state index contributed by atoms with van der Waals surface area (Å²) in [6.45, 7) is 0. The quantitative estimate of drug-likeness (QED) is 0.812. The zero-order chi connectivity index (χ0) is 10.6. The first-order valence-electron chi connectivity index (χ1n) is 4.15. The van der Waals surface area contributed by atoms with Crippen LogP contribution in [0.2, 0.25) is 0 Å². The summed E-state index contributed by atoms with van der Waals surface area (Å²) in [5.74, 6) is -0.529. The van der Waals surface area contributed by atoms with Gasteiger partial charge < -0.3 is 5.11 Å². The van der Waals surface area contributed by atoms with Gasteiger partial charge in [-0.05, 0) is 24.1 Å². The van der Waals surface area contributed by atoms with Gasteiger partial charge in [0.1, 0.15) is 0 Å². The van der Waals surface area contributed by atoms with Gasteiger partial charge in [0.2, 0.25) is 0 Å². The third-order valence-corrected chi connectivity index (χ3v) is 2.66. The van der Waals surface area contributed by atoms with Crippen molar-refractivity contribution in [3.8, 4) is 0 Å². The SMILES string of the molecule is O=C(O)c1ccc(CC(Cl)CCl)cc1. The zero-order valence-electron chi connectivity index (χ0n) is 7.41. The molecule has 0 aliphatic carbocycles. The molecule has 0 aromatic heterocycles. The number of halogens is 2. The minimum absolute atomic E-state index is 0.104. The maximum atomic E-state index is 10.5. The Morgan fingerprint density at radius 3 is 2.36 bits per heavy atom. The summed E-state index contributed by atoms with van der Waals surface area (Å²) in [5.41, 5.74) is 1.28. The van der Waals surface area contributed by atoms with Crippen LogP contribution in [0.1, 0.15) is 15.9 Å². The Labute approximate surface area is 92.5 Å². The topological polar surface area (TPSA) is 37.3 Å². The number of rotatable bonds is 4. The second-order valence-corrected chi connectivity index (χ2v) is 3.88. The molecule has 2 nitrogen and oxygen atoms in total. The van der Waals surface area contributed by atoms with Crippen molar-refractivity contribution in [1.29, 1.82) is 0 Å². The summed E-state index contributed by atoms with van der Waals surface area (Å²) < 4.78 is 0. The van der Waals surface area contributed by atoms with Gasteiger partial charge in [-0.3, -0.25) is 0 Å². The number of carboxylic acids is 1. The number of benzene rings is 1. The van der Waals surface area contributed by atoms with Gasteiger partial charge in [-0.25, -0.2) is 4.79 Å². The molecular formula is C10H10Cl2O2. The van der Waals surface area contributed by atoms with E-state index in [1.165, 1.54) is 0 Å². The van der Waals surface area contributed by atoms with Gasteiger partial charge in [0, 0.05) is 5.88 Å². The molecule has 1 unspecified atom stereocenters. The van der Waals surface area contributed by atoms with Gasteiger partial charge >= 0.3 is 5.97 Å². The Balaban J connectivity index is 2.68. The largest absolute Gasteiger partial charge is 0.478 e. The maximum absolute atomic E-state index is 10.5. The summed E-state index contributed by atoms with van der Waals surface area (Å²) in [6, 6.07) is 6.64. The van der Waals surface area contributed by atoms with Crippen LogP contribution in [0, 0.1) is 0 Å². The molecule has 0 spiro atoms. The Hall–Kier alpha value is -0.730. The van der Waals surface area contributed by atoms with Gasteiger partial charge in [-0.15, -0.1) is 23.2 Å². The summed E-state index contributed by atoms with van der Waals surface area (Å²) in [7, 11) is 0. The first-order chi connectivity index (χ1) is 6.63. The maximum Gasteiger partial charge on any atom is 0.335 e. The van der Waals surface area contributed by atoms with E-state index in [1.54, 1.807) is 24.3 Å². The Morgan fingerprint density at radius 1 is 1.36 bits per heavy atom. The molecule has 1 aromatic carbocycles. The lowest BCUT2D eigenvalue weighted by molar-refractivity contribution is 0.0697. The average Bonchev–Trinajstić information content (AvgIpc) is 2.18. The molecule has 1 atom stereocenters. The normalized spacial score (nSPS) is 12.4. The third-order valence-electron chi connectivity index (χ3n) is 1.83. The molecule has 0 radical (unpaired) electrons. The number of carboxylic acid groups (broad SMARTS) is 1. The molecule has 0 bridgehead atoms. The molecule has 1 aromatic rings. The van der Waals surface area contributed by atoms with Crippen molar-refractivity contribution < 1.29 is 9.90 Å². The van der Waals surface area contributed by atoms with E-state index < -0.39 is 5.97 Å². The fraction of sp³-hybridized carbons (Fsp3) is 0.300. The van der Waals surface area contributed by atoms with E-state index in [4.69, 9.17) is 28.3 Å². The molecule has 76 valence electrons. The van der Waals surface area contributed by atoms with Crippen molar-refractivity contribution in [3.63, 3.8) is 0 Å². The molecule has 0 aliphatic rings. The molecule has 0 amide bonds. The van der Waals surface area contributed by atoms with E-state index in [-0.39, 0.29) is 10.9 Å². The van der Waals surface area contributed by atoms with E-state index in [9.17, 15) is 4.79 Å². The summed E-state index contributed by atoms with van der Waals surface area (Å²) >= 11 is 11.4. The predicted molar refractivity (Wildman–Crippen MR) is 57.5 cm³/mol. The second kappa shape index (κ2) is 5.23. The Kier molecular flexibility index (Phi) is 4.23. The van der Waals surface area contributed by atoms with Crippen LogP contribution in [0.3, 0.4) is 0 Å². The number of aromatic carboxylic acids is 1. The fourth-order valence-corrected chi connectivity index (χ4v) is 1.38. The lowest BCUT2D eigenvalue weighted by atomic mass is 10.1. The number of alkyl halides is 2. The van der Waals surface area contributed by atoms with Crippen LogP contribution in [-0.2, 0) is 6.42 Å². The smallest absolute Gasteiger partial charge is 0.335 e. The molecule has 0 saturated carbocycles. The molecule has 14 heavy (non-hydrogen) atoms. The molecule has 4 heteroatoms. The van der Waals surface area contributed by atoms with Crippen LogP contribution in [0.15, 0.2) is 24.3 Å². The minimum atomic E-state index is -0.920. The Morgan fingerprint density at radius 2 is 1.93 bits per heavy atom. The van der Waals surface area contributed by atoms with E-state index in [2.05, 4.69) is 0 Å². The lowest BCUT2D eigenvalue weighted by Gasteiger charge is -2.05. The predicted octanol–water partition coefficient (Wildman–Crippen LogP) is 2.77. The highest BCUT2D eigenvalue weighted by Crippen LogP contribution is 2.11. The van der Waals surface area contributed by atoms with Crippen LogP contribution in [0.5, 0.6) is 0 Å². The second-order valence-electron chi connectivity index (χ2n) is 2.96. The lowest BCUT2D eigenvalue weighted by Crippen LogP contribution is -2.05. The molecule has 0 fully saturated rings. The standard InChI is InChI=1S/C10H10Cl2O2/c11-6-9(12)5-7-1-3-8(4-2-7)10(13)14/h1-4,9H,5-6H2,(H,13,14). The van der Waals surface area contributed by atoms with E-state index in [0.717, 1.165) is 5.56 Å². The number of hydrogen-bond donors (Lipinski definition) is 1. The Bertz CT molecular complexity index is 308. The van der Waals surface area contributed by atoms with Gasteiger partial charge in [0.15, 0.2) is 0 Å². The third kappa shape index (κ3) is 3.20. The molecule has 0 heterocycles. The molecule has 0 saturated heterocycles. The van der Waals surface area contributed by atoms with Crippen LogP contribution in [0.25, 0.3) is 0 Å². The van der Waals surface area contributed by atoms with Crippen LogP contribution >= 0.6 is 23.2 Å². The molecular weight excluding hydrogens is 223 g/mol. The number of hydrogen-bond acceptors (Lipinski definition) is 1. The van der Waals surface area contributed by atoms with Crippen molar-refractivity contribution >= 4 is 29.2 Å². The molecule has 1 N–H and O–H groups in total. The highest BCUT2D eigenvalue weighted by Gasteiger charge is 2.05. The van der Waals surface area contributed by atoms with Gasteiger partial charge in [0.05, 0.1) is 10.9 Å². The first-order valence-corrected chi connectivity index (χ1v) is 5.13. The van der Waals surface area contributed by atoms with Crippen molar-refractivity contribution in [1.82, 2.24) is 0 Å². The average molecular weight is 233 g/mol. The van der Waals surface area contributed by atoms with Crippen molar-refractivity contribution in [2.75, 3.05) is 5.88 Å². The van der Waals surface area contributed by atoms with Crippen molar-refractivity contribution in [2.45, 2.75) is 11.8 Å². The van der Waals surface area contributed by atoms with Gasteiger partial charge in [-0.1, -0.05) is 12.1 Å². The van der Waals surface area contributed by atoms with E-state index in [1.807, 2.05) is 0 Å². The first kappa shape index (κ1) is 11.3. The monoisotopic (exact) mass is 232 g/mol. The summed E-state index contributed by atoms with van der Waals surface area (Å²) in [5, 5.41) is 8.55. The molecule has 0 aliphatic heterocycles. The van der Waals surface area contributed by atoms with Crippen LogP contribution < -0.4 is 0 Å². The van der Waals surface area contributed by atoms with Gasteiger partial charge in [0.25, 0.3) is 0 Å². The van der Waals surface area contributed by atoms with Crippen molar-refractivity contribution in [3.05, 3.63) is 35.4 Å². The van der Waals surface area contributed by atoms with Crippen LogP contribution in [-0.4, -0.2) is 22.3 Å². The van der Waals surface area contributed by atoms with E-state index >= 15 is 0 Å². The van der Waals surface area contributed by atoms with E-state index in [0.29, 0.717) is 12.3 Å². The zero-order valence-corrected chi connectivity index (χ0v) is 8.92. The number of carbonyl (C=O) groups is 1. The highest BCUT2D eigenvalue weighted by molar-refractivity contribution is 6.28. The van der Waals surface area contributed by atoms with Gasteiger partial charge in [-0.2, -0.15) is 0 Å². The van der Waals surface area contributed by atoms with Crippen molar-refractivity contribution in [2.24, 2.45) is 0 Å². The minimum Gasteiger partial charge on any atom is -0.478 e. The molecule has 1 rings (SSSR count). The summed E-state index contributed by atoms with van der Waals surface area (Å²) in [4.78, 5) is 10.5. The fourth-order valence-electron chi connectivity index (χ4n) is 1.09. The highest BCUT2D eigenvalue weighted by atomic mass is 35.5.